The summed E-state index contributed by atoms with van der Waals surface area (Å²) in [5.74, 6) is -0.178. The van der Waals surface area contributed by atoms with E-state index < -0.39 is 0 Å². The van der Waals surface area contributed by atoms with Gasteiger partial charge < -0.3 is 5.32 Å². The van der Waals surface area contributed by atoms with Gasteiger partial charge in [0.15, 0.2) is 5.78 Å². The fraction of sp³-hybridized carbons (Fsp3) is 0.533. The molecule has 1 heterocycles. The maximum Gasteiger partial charge on any atom is 0.168 e. The van der Waals surface area contributed by atoms with Crippen LogP contribution in [0.15, 0.2) is 18.2 Å². The van der Waals surface area contributed by atoms with E-state index >= 15 is 0 Å². The van der Waals surface area contributed by atoms with Crippen molar-refractivity contribution in [3.05, 3.63) is 35.1 Å². The number of Topliss-reactive ketones (excluding diaryl/α,β-unsaturated/α-hetero) is 1. The van der Waals surface area contributed by atoms with Crippen LogP contribution in [0.1, 0.15) is 42.1 Å². The summed E-state index contributed by atoms with van der Waals surface area (Å²) in [5, 5.41) is 3.50. The predicted octanol–water partition coefficient (Wildman–Crippen LogP) is 2.71. The smallest absolute Gasteiger partial charge is 0.168 e. The van der Waals surface area contributed by atoms with Gasteiger partial charge in [-0.3, -0.25) is 4.79 Å². The van der Waals surface area contributed by atoms with Crippen molar-refractivity contribution in [3.8, 4) is 0 Å². The molecule has 1 fully saturated rings. The van der Waals surface area contributed by atoms with Gasteiger partial charge in [-0.2, -0.15) is 0 Å². The Morgan fingerprint density at radius 1 is 1.33 bits per heavy atom. The first-order valence-electron chi connectivity index (χ1n) is 6.74. The van der Waals surface area contributed by atoms with Gasteiger partial charge in [0.2, 0.25) is 0 Å². The lowest BCUT2D eigenvalue weighted by molar-refractivity contribution is 0.0890. The molecule has 1 aromatic rings. The molecular weight excluding hydrogens is 229 g/mol. The summed E-state index contributed by atoms with van der Waals surface area (Å²) in [6, 6.07) is 5.52. The Morgan fingerprint density at radius 3 is 2.89 bits per heavy atom. The number of hydrogen-bond acceptors (Lipinski definition) is 2. The number of carbonyl (C=O) groups excluding carboxylic acids is 1. The molecule has 1 aliphatic carbocycles. The summed E-state index contributed by atoms with van der Waals surface area (Å²) in [5.41, 5.74) is 1.22. The van der Waals surface area contributed by atoms with Gasteiger partial charge >= 0.3 is 0 Å². The van der Waals surface area contributed by atoms with E-state index in [0.717, 1.165) is 12.8 Å². The SMILES string of the molecule is CC1CCCC(C2Cc3c(F)cccc3C2=O)N1. The van der Waals surface area contributed by atoms with Gasteiger partial charge in [0.1, 0.15) is 5.82 Å². The molecule has 2 aliphatic rings. The highest BCUT2D eigenvalue weighted by atomic mass is 19.1. The molecule has 3 unspecified atom stereocenters. The topological polar surface area (TPSA) is 29.1 Å². The molecule has 1 saturated heterocycles. The Hall–Kier alpha value is -1.22. The quantitative estimate of drug-likeness (QED) is 0.826. The Bertz CT molecular complexity index is 485. The van der Waals surface area contributed by atoms with Crippen molar-refractivity contribution >= 4 is 5.78 Å². The first-order valence-corrected chi connectivity index (χ1v) is 6.74. The highest BCUT2D eigenvalue weighted by Gasteiger charge is 2.38. The van der Waals surface area contributed by atoms with Gasteiger partial charge in [-0.05, 0) is 37.8 Å². The minimum absolute atomic E-state index is 0.0698. The van der Waals surface area contributed by atoms with Crippen molar-refractivity contribution in [1.29, 1.82) is 0 Å². The van der Waals surface area contributed by atoms with Crippen LogP contribution in [0.25, 0.3) is 0 Å². The number of ketones is 1. The van der Waals surface area contributed by atoms with E-state index in [9.17, 15) is 9.18 Å². The fourth-order valence-corrected chi connectivity index (χ4v) is 3.33. The van der Waals surface area contributed by atoms with Crippen molar-refractivity contribution in [3.63, 3.8) is 0 Å². The highest BCUT2D eigenvalue weighted by Crippen LogP contribution is 2.33. The second-order valence-corrected chi connectivity index (χ2v) is 5.55. The Morgan fingerprint density at radius 2 is 2.17 bits per heavy atom. The molecule has 1 N–H and O–H groups in total. The normalized spacial score (nSPS) is 31.4. The van der Waals surface area contributed by atoms with Crippen LogP contribution in [0.5, 0.6) is 0 Å². The summed E-state index contributed by atoms with van der Waals surface area (Å²) in [7, 11) is 0. The molecule has 0 aromatic heterocycles. The molecule has 1 aromatic carbocycles. The van der Waals surface area contributed by atoms with Crippen molar-refractivity contribution in [1.82, 2.24) is 5.32 Å². The Labute approximate surface area is 107 Å². The summed E-state index contributed by atoms with van der Waals surface area (Å²) >= 11 is 0. The van der Waals surface area contributed by atoms with Gasteiger partial charge in [0, 0.05) is 23.6 Å². The van der Waals surface area contributed by atoms with Crippen molar-refractivity contribution in [2.24, 2.45) is 5.92 Å². The lowest BCUT2D eigenvalue weighted by Crippen LogP contribution is -2.46. The van der Waals surface area contributed by atoms with Crippen LogP contribution in [0.3, 0.4) is 0 Å². The van der Waals surface area contributed by atoms with Crippen LogP contribution in [-0.2, 0) is 6.42 Å². The van der Waals surface area contributed by atoms with Gasteiger partial charge in [-0.25, -0.2) is 4.39 Å². The maximum absolute atomic E-state index is 13.7. The van der Waals surface area contributed by atoms with E-state index in [1.807, 2.05) is 0 Å². The number of hydrogen-bond donors (Lipinski definition) is 1. The predicted molar refractivity (Wildman–Crippen MR) is 68.2 cm³/mol. The van der Waals surface area contributed by atoms with E-state index in [1.165, 1.54) is 12.5 Å². The van der Waals surface area contributed by atoms with Crippen molar-refractivity contribution < 1.29 is 9.18 Å². The third kappa shape index (κ3) is 1.87. The molecule has 0 radical (unpaired) electrons. The molecular formula is C15H18FNO. The maximum atomic E-state index is 13.7. The third-order valence-corrected chi connectivity index (χ3v) is 4.28. The van der Waals surface area contributed by atoms with Gasteiger partial charge in [-0.1, -0.05) is 18.6 Å². The standard InChI is InChI=1S/C15H18FNO/c1-9-4-2-7-14(17-9)12-8-11-10(15(12)18)5-3-6-13(11)16/h3,5-6,9,12,14,17H,2,4,7-8H2,1H3. The van der Waals surface area contributed by atoms with Gasteiger partial charge in [0.25, 0.3) is 0 Å². The van der Waals surface area contributed by atoms with Crippen LogP contribution in [-0.4, -0.2) is 17.9 Å². The summed E-state index contributed by atoms with van der Waals surface area (Å²) < 4.78 is 13.7. The largest absolute Gasteiger partial charge is 0.311 e. The van der Waals surface area contributed by atoms with E-state index in [-0.39, 0.29) is 23.6 Å². The molecule has 3 atom stereocenters. The second kappa shape index (κ2) is 4.47. The molecule has 0 saturated carbocycles. The fourth-order valence-electron chi connectivity index (χ4n) is 3.33. The molecule has 0 amide bonds. The van der Waals surface area contributed by atoms with E-state index in [4.69, 9.17) is 0 Å². The van der Waals surface area contributed by atoms with Crippen LogP contribution in [0, 0.1) is 11.7 Å². The third-order valence-electron chi connectivity index (χ3n) is 4.28. The lowest BCUT2D eigenvalue weighted by Gasteiger charge is -2.32. The average molecular weight is 247 g/mol. The number of fused-ring (bicyclic) bond motifs is 1. The van der Waals surface area contributed by atoms with E-state index in [1.54, 1.807) is 12.1 Å². The number of benzene rings is 1. The molecule has 1 aliphatic heterocycles. The number of halogens is 1. The van der Waals surface area contributed by atoms with E-state index in [0.29, 0.717) is 23.6 Å². The zero-order chi connectivity index (χ0) is 12.7. The molecule has 2 nitrogen and oxygen atoms in total. The summed E-state index contributed by atoms with van der Waals surface area (Å²) in [6.07, 6.45) is 3.90. The monoisotopic (exact) mass is 247 g/mol. The minimum atomic E-state index is -0.229. The van der Waals surface area contributed by atoms with Crippen LogP contribution >= 0.6 is 0 Å². The van der Waals surface area contributed by atoms with Gasteiger partial charge in [0.05, 0.1) is 0 Å². The number of rotatable bonds is 1. The van der Waals surface area contributed by atoms with E-state index in [2.05, 4.69) is 12.2 Å². The van der Waals surface area contributed by atoms with Crippen LogP contribution < -0.4 is 5.32 Å². The van der Waals surface area contributed by atoms with Crippen LogP contribution in [0.4, 0.5) is 4.39 Å². The second-order valence-electron chi connectivity index (χ2n) is 5.55. The highest BCUT2D eigenvalue weighted by molar-refractivity contribution is 6.02. The molecule has 96 valence electrons. The van der Waals surface area contributed by atoms with Crippen molar-refractivity contribution in [2.75, 3.05) is 0 Å². The Balaban J connectivity index is 1.86. The van der Waals surface area contributed by atoms with Crippen molar-refractivity contribution in [2.45, 2.75) is 44.7 Å². The molecule has 3 heteroatoms. The number of nitrogens with one attached hydrogen (secondary N) is 1. The zero-order valence-corrected chi connectivity index (χ0v) is 10.6. The summed E-state index contributed by atoms with van der Waals surface area (Å²) in [4.78, 5) is 12.3. The molecule has 0 bridgehead atoms. The average Bonchev–Trinajstić information content (AvgIpc) is 2.69. The first kappa shape index (κ1) is 11.8. The lowest BCUT2D eigenvalue weighted by atomic mass is 9.87. The number of piperidine rings is 1. The first-order chi connectivity index (χ1) is 8.66. The Kier molecular flexibility index (Phi) is 2.94. The molecule has 3 rings (SSSR count). The summed E-state index contributed by atoms with van der Waals surface area (Å²) in [6.45, 7) is 2.15. The zero-order valence-electron chi connectivity index (χ0n) is 10.6. The minimum Gasteiger partial charge on any atom is -0.311 e. The van der Waals surface area contributed by atoms with Crippen LogP contribution in [0.2, 0.25) is 0 Å². The molecule has 18 heavy (non-hydrogen) atoms. The van der Waals surface area contributed by atoms with Gasteiger partial charge in [-0.15, -0.1) is 0 Å². The number of carbonyl (C=O) groups is 1. The molecule has 0 spiro atoms.